The van der Waals surface area contributed by atoms with E-state index in [1.54, 1.807) is 0 Å². The average molecular weight is 526 g/mol. The van der Waals surface area contributed by atoms with Gasteiger partial charge in [0.15, 0.2) is 0 Å². The van der Waals surface area contributed by atoms with E-state index in [4.69, 9.17) is 24.1 Å². The number of fused-ring (bicyclic) bond motifs is 1. The van der Waals surface area contributed by atoms with Crippen LogP contribution in [-0.2, 0) is 16.0 Å². The Balaban J connectivity index is 0.000000983. The first-order chi connectivity index (χ1) is 19.0. The van der Waals surface area contributed by atoms with E-state index >= 15 is 0 Å². The maximum absolute atomic E-state index is 10.0. The van der Waals surface area contributed by atoms with Gasteiger partial charge in [0.05, 0.1) is 24.8 Å². The number of hydrogen-bond donors (Lipinski definition) is 1. The first-order valence-electron chi connectivity index (χ1n) is 13.8. The molecule has 3 aromatic carbocycles. The summed E-state index contributed by atoms with van der Waals surface area (Å²) in [7, 11) is 0. The minimum absolute atomic E-state index is 0.00927. The van der Waals surface area contributed by atoms with Gasteiger partial charge in [-0.2, -0.15) is 5.26 Å². The highest BCUT2D eigenvalue weighted by atomic mass is 16.5. The second-order valence-electron chi connectivity index (χ2n) is 10.6. The lowest BCUT2D eigenvalue weighted by molar-refractivity contribution is -0.122. The molecule has 1 heterocycles. The molecule has 1 N–H and O–H groups in total. The predicted molar refractivity (Wildman–Crippen MR) is 149 cm³/mol. The van der Waals surface area contributed by atoms with Crippen LogP contribution < -0.4 is 9.47 Å². The van der Waals surface area contributed by atoms with Crippen molar-refractivity contribution in [3.63, 3.8) is 0 Å². The molecule has 1 saturated heterocycles. The third kappa shape index (κ3) is 5.94. The van der Waals surface area contributed by atoms with Crippen molar-refractivity contribution in [3.8, 4) is 28.7 Å². The van der Waals surface area contributed by atoms with Gasteiger partial charge in [-0.15, -0.1) is 0 Å². The number of hydrogen-bond acceptors (Lipinski definition) is 5. The number of rotatable bonds is 6. The molecule has 6 rings (SSSR count). The Hall–Kier alpha value is -3.82. The molecule has 0 aromatic heterocycles. The lowest BCUT2D eigenvalue weighted by Crippen LogP contribution is -2.25. The summed E-state index contributed by atoms with van der Waals surface area (Å²) < 4.78 is 18.2. The fraction of sp³-hybridized carbons (Fsp3) is 0.394. The summed E-state index contributed by atoms with van der Waals surface area (Å²) in [5.74, 6) is 2.57. The number of benzene rings is 3. The lowest BCUT2D eigenvalue weighted by Gasteiger charge is -2.24. The second kappa shape index (κ2) is 11.9. The van der Waals surface area contributed by atoms with E-state index in [0.29, 0.717) is 0 Å². The molecule has 6 heteroatoms. The van der Waals surface area contributed by atoms with E-state index in [2.05, 4.69) is 62.4 Å². The standard InChI is InChI=1S/C32H33NO3.CH2O2/c1-20-17-27(35-26-13-15-34-16-14-26)18-21(2)31(20)32-24(19-33)7-10-28-29(32)11-12-30(28)36-25-8-5-23(6-9-25)22-3-4-22;2-1-3/h5-10,17-18,22,26,30H,3-4,11-16H2,1-2H3;1H,(H,2,3). The van der Waals surface area contributed by atoms with Crippen molar-refractivity contribution >= 4 is 6.47 Å². The largest absolute Gasteiger partial charge is 0.490 e. The van der Waals surface area contributed by atoms with Crippen LogP contribution in [0.25, 0.3) is 11.1 Å². The van der Waals surface area contributed by atoms with Crippen molar-refractivity contribution < 1.29 is 24.1 Å². The minimum Gasteiger partial charge on any atom is -0.490 e. The zero-order chi connectivity index (χ0) is 27.4. The van der Waals surface area contributed by atoms with Gasteiger partial charge in [-0.25, -0.2) is 0 Å². The van der Waals surface area contributed by atoms with E-state index in [1.807, 2.05) is 6.07 Å². The fourth-order valence-electron chi connectivity index (χ4n) is 5.94. The van der Waals surface area contributed by atoms with Crippen LogP contribution in [0.4, 0.5) is 0 Å². The molecule has 202 valence electrons. The average Bonchev–Trinajstić information content (AvgIpc) is 3.71. The molecule has 0 spiro atoms. The molecule has 1 saturated carbocycles. The zero-order valence-electron chi connectivity index (χ0n) is 22.6. The van der Waals surface area contributed by atoms with Crippen LogP contribution in [0, 0.1) is 25.2 Å². The van der Waals surface area contributed by atoms with Gasteiger partial charge in [0.2, 0.25) is 0 Å². The Morgan fingerprint density at radius 3 is 2.18 bits per heavy atom. The molecule has 0 bridgehead atoms. The van der Waals surface area contributed by atoms with Crippen LogP contribution in [0.15, 0.2) is 48.5 Å². The van der Waals surface area contributed by atoms with Crippen LogP contribution in [-0.4, -0.2) is 30.9 Å². The summed E-state index contributed by atoms with van der Waals surface area (Å²) >= 11 is 0. The highest BCUT2D eigenvalue weighted by molar-refractivity contribution is 5.81. The van der Waals surface area contributed by atoms with Crippen LogP contribution in [0.3, 0.4) is 0 Å². The van der Waals surface area contributed by atoms with Gasteiger partial charge in [0, 0.05) is 18.4 Å². The summed E-state index contributed by atoms with van der Waals surface area (Å²) in [6.07, 6.45) is 6.51. The smallest absolute Gasteiger partial charge is 0.290 e. The predicted octanol–water partition coefficient (Wildman–Crippen LogP) is 7.04. The number of ether oxygens (including phenoxy) is 3. The van der Waals surface area contributed by atoms with Crippen molar-refractivity contribution in [1.82, 2.24) is 0 Å². The summed E-state index contributed by atoms with van der Waals surface area (Å²) in [6.45, 7) is 5.53. The van der Waals surface area contributed by atoms with Gasteiger partial charge in [0.1, 0.15) is 23.7 Å². The van der Waals surface area contributed by atoms with Gasteiger partial charge >= 0.3 is 0 Å². The maximum Gasteiger partial charge on any atom is 0.290 e. The Labute approximate surface area is 230 Å². The topological polar surface area (TPSA) is 88.8 Å². The Morgan fingerprint density at radius 1 is 0.897 bits per heavy atom. The van der Waals surface area contributed by atoms with Crippen molar-refractivity contribution in [2.24, 2.45) is 0 Å². The minimum atomic E-state index is -0.250. The van der Waals surface area contributed by atoms with Crippen molar-refractivity contribution in [2.45, 2.75) is 70.5 Å². The van der Waals surface area contributed by atoms with E-state index in [-0.39, 0.29) is 18.7 Å². The second-order valence-corrected chi connectivity index (χ2v) is 10.6. The molecular weight excluding hydrogens is 490 g/mol. The fourth-order valence-corrected chi connectivity index (χ4v) is 5.94. The molecule has 0 radical (unpaired) electrons. The van der Waals surface area contributed by atoms with Crippen molar-refractivity contribution in [2.75, 3.05) is 13.2 Å². The first-order valence-corrected chi connectivity index (χ1v) is 13.8. The number of aryl methyl sites for hydroxylation is 2. The monoisotopic (exact) mass is 525 g/mol. The summed E-state index contributed by atoms with van der Waals surface area (Å²) in [6, 6.07) is 19.4. The van der Waals surface area contributed by atoms with Crippen molar-refractivity contribution in [1.29, 1.82) is 5.26 Å². The van der Waals surface area contributed by atoms with Gasteiger partial charge in [-0.1, -0.05) is 18.2 Å². The summed E-state index contributed by atoms with van der Waals surface area (Å²) in [5, 5.41) is 16.9. The zero-order valence-corrected chi connectivity index (χ0v) is 22.6. The SMILES string of the molecule is Cc1cc(OC2CCOCC2)cc(C)c1-c1c(C#N)ccc2c1CCC2Oc1ccc(C2CC2)cc1.O=CO. The van der Waals surface area contributed by atoms with Gasteiger partial charge in [-0.3, -0.25) is 4.79 Å². The van der Waals surface area contributed by atoms with E-state index in [9.17, 15) is 5.26 Å². The summed E-state index contributed by atoms with van der Waals surface area (Å²) in [4.78, 5) is 8.36. The normalized spacial score (nSPS) is 18.3. The van der Waals surface area contributed by atoms with Crippen molar-refractivity contribution in [3.05, 3.63) is 81.9 Å². The molecule has 1 aliphatic heterocycles. The number of carboxylic acid groups (broad SMARTS) is 1. The molecular formula is C33H35NO5. The highest BCUT2D eigenvalue weighted by Gasteiger charge is 2.30. The van der Waals surface area contributed by atoms with E-state index in [0.717, 1.165) is 84.1 Å². The van der Waals surface area contributed by atoms with Gasteiger partial charge in [0.25, 0.3) is 6.47 Å². The van der Waals surface area contributed by atoms with Crippen LogP contribution >= 0.6 is 0 Å². The van der Waals surface area contributed by atoms with Crippen LogP contribution in [0.5, 0.6) is 11.5 Å². The third-order valence-corrected chi connectivity index (χ3v) is 7.91. The molecule has 2 aliphatic carbocycles. The molecule has 3 aliphatic rings. The third-order valence-electron chi connectivity index (χ3n) is 7.91. The lowest BCUT2D eigenvalue weighted by atomic mass is 9.87. The molecule has 1 atom stereocenters. The Morgan fingerprint density at radius 2 is 1.56 bits per heavy atom. The highest BCUT2D eigenvalue weighted by Crippen LogP contribution is 2.45. The Bertz CT molecular complexity index is 1340. The molecule has 2 fully saturated rings. The molecule has 6 nitrogen and oxygen atoms in total. The van der Waals surface area contributed by atoms with Gasteiger partial charge in [-0.05, 0) is 109 Å². The molecule has 3 aromatic rings. The number of nitriles is 1. The van der Waals surface area contributed by atoms with E-state index < -0.39 is 0 Å². The molecule has 0 amide bonds. The van der Waals surface area contributed by atoms with Crippen LogP contribution in [0.2, 0.25) is 0 Å². The summed E-state index contributed by atoms with van der Waals surface area (Å²) in [5.41, 5.74) is 9.10. The van der Waals surface area contributed by atoms with Gasteiger partial charge < -0.3 is 19.3 Å². The number of carbonyl (C=O) groups is 1. The van der Waals surface area contributed by atoms with E-state index in [1.165, 1.54) is 29.5 Å². The maximum atomic E-state index is 10.0. The Kier molecular flexibility index (Phi) is 8.18. The first kappa shape index (κ1) is 26.8. The quantitative estimate of drug-likeness (QED) is 0.347. The molecule has 39 heavy (non-hydrogen) atoms. The molecule has 1 unspecified atom stereocenters. The number of nitrogens with zero attached hydrogens (tertiary/aromatic N) is 1. The van der Waals surface area contributed by atoms with Crippen LogP contribution in [0.1, 0.15) is 77.5 Å².